The molecule has 4 N–H and O–H groups in total. The lowest BCUT2D eigenvalue weighted by Gasteiger charge is -2.19. The third-order valence-electron chi connectivity index (χ3n) is 2.15. The number of aryl methyl sites for hydroxylation is 1. The van der Waals surface area contributed by atoms with Crippen LogP contribution in [-0.2, 0) is 9.59 Å². The van der Waals surface area contributed by atoms with E-state index in [0.29, 0.717) is 5.69 Å². The molecule has 0 saturated carbocycles. The van der Waals surface area contributed by atoms with Gasteiger partial charge < -0.3 is 16.4 Å². The van der Waals surface area contributed by atoms with E-state index in [1.165, 1.54) is 12.1 Å². The van der Waals surface area contributed by atoms with Crippen LogP contribution in [0.5, 0.6) is 0 Å². The molecule has 0 aliphatic carbocycles. The number of rotatable bonds is 5. The fraction of sp³-hybridized carbons (Fsp3) is 0.273. The lowest BCUT2D eigenvalue weighted by Crippen LogP contribution is -2.43. The molecule has 1 aromatic heterocycles. The minimum Gasteiger partial charge on any atom is -0.368 e. The van der Waals surface area contributed by atoms with Gasteiger partial charge in [0.15, 0.2) is 0 Å². The highest BCUT2D eigenvalue weighted by Gasteiger charge is 2.20. The van der Waals surface area contributed by atoms with E-state index < -0.39 is 30.8 Å². The molecule has 1 aromatic rings. The first-order chi connectivity index (χ1) is 8.79. The van der Waals surface area contributed by atoms with Crippen LogP contribution in [0, 0.1) is 6.92 Å². The quantitative estimate of drug-likeness (QED) is 0.705. The molecular formula is C11H13ClN4O3. The van der Waals surface area contributed by atoms with Crippen molar-refractivity contribution >= 4 is 29.3 Å². The van der Waals surface area contributed by atoms with E-state index in [0.717, 1.165) is 4.90 Å². The second kappa shape index (κ2) is 6.14. The Bertz CT molecular complexity index is 496. The van der Waals surface area contributed by atoms with E-state index in [4.69, 9.17) is 23.1 Å². The largest absolute Gasteiger partial charge is 0.368 e. The molecule has 0 radical (unpaired) electrons. The molecule has 7 nitrogen and oxygen atoms in total. The second-order valence-corrected chi connectivity index (χ2v) is 4.30. The third-order valence-corrected chi connectivity index (χ3v) is 2.34. The number of nitrogens with two attached hydrogens (primary N) is 2. The first-order valence-electron chi connectivity index (χ1n) is 5.29. The molecule has 8 heteroatoms. The molecule has 1 heterocycles. The predicted octanol–water partition coefficient (Wildman–Crippen LogP) is -0.544. The van der Waals surface area contributed by atoms with Crippen molar-refractivity contribution in [3.05, 3.63) is 28.5 Å². The van der Waals surface area contributed by atoms with Crippen molar-refractivity contribution < 1.29 is 14.4 Å². The van der Waals surface area contributed by atoms with Crippen LogP contribution in [-0.4, -0.2) is 40.7 Å². The number of nitrogens with zero attached hydrogens (tertiary/aromatic N) is 2. The molecule has 0 aliphatic heterocycles. The molecule has 19 heavy (non-hydrogen) atoms. The average Bonchev–Trinajstić information content (AvgIpc) is 2.24. The number of amides is 3. The minimum absolute atomic E-state index is 0.140. The van der Waals surface area contributed by atoms with E-state index in [9.17, 15) is 14.4 Å². The monoisotopic (exact) mass is 284 g/mol. The maximum atomic E-state index is 12.1. The van der Waals surface area contributed by atoms with Crippen LogP contribution in [0.25, 0.3) is 0 Å². The molecule has 0 atom stereocenters. The normalized spacial score (nSPS) is 10.0. The van der Waals surface area contributed by atoms with Crippen LogP contribution in [0.1, 0.15) is 16.1 Å². The van der Waals surface area contributed by atoms with Gasteiger partial charge in [0.1, 0.15) is 18.2 Å². The molecule has 1 rings (SSSR count). The van der Waals surface area contributed by atoms with Gasteiger partial charge in [0, 0.05) is 11.3 Å². The lowest BCUT2D eigenvalue weighted by molar-refractivity contribution is -0.121. The molecule has 0 bridgehead atoms. The Balaban J connectivity index is 3.03. The first-order valence-corrected chi connectivity index (χ1v) is 5.67. The van der Waals surface area contributed by atoms with Gasteiger partial charge in [0.2, 0.25) is 11.8 Å². The molecule has 0 aromatic carbocycles. The number of hydrogen-bond acceptors (Lipinski definition) is 4. The highest BCUT2D eigenvalue weighted by molar-refractivity contribution is 6.29. The van der Waals surface area contributed by atoms with E-state index in [2.05, 4.69) is 4.98 Å². The smallest absolute Gasteiger partial charge is 0.254 e. The molecule has 0 aliphatic rings. The zero-order chi connectivity index (χ0) is 14.6. The van der Waals surface area contributed by atoms with E-state index in [1.54, 1.807) is 6.92 Å². The van der Waals surface area contributed by atoms with Crippen molar-refractivity contribution in [2.24, 2.45) is 11.5 Å². The maximum absolute atomic E-state index is 12.1. The summed E-state index contributed by atoms with van der Waals surface area (Å²) < 4.78 is 0. The van der Waals surface area contributed by atoms with E-state index >= 15 is 0 Å². The molecule has 0 fully saturated rings. The minimum atomic E-state index is -0.744. The second-order valence-electron chi connectivity index (χ2n) is 3.91. The molecule has 102 valence electrons. The zero-order valence-corrected chi connectivity index (χ0v) is 11.0. The van der Waals surface area contributed by atoms with Crippen LogP contribution < -0.4 is 11.5 Å². The van der Waals surface area contributed by atoms with Gasteiger partial charge in [-0.05, 0) is 19.1 Å². The van der Waals surface area contributed by atoms with Crippen molar-refractivity contribution in [3.63, 3.8) is 0 Å². The van der Waals surface area contributed by atoms with Crippen LogP contribution in [0.3, 0.4) is 0 Å². The number of primary amides is 2. The van der Waals surface area contributed by atoms with E-state index in [1.807, 2.05) is 0 Å². The summed E-state index contributed by atoms with van der Waals surface area (Å²) in [4.78, 5) is 38.8. The Kier molecular flexibility index (Phi) is 4.82. The molecular weight excluding hydrogens is 272 g/mol. The lowest BCUT2D eigenvalue weighted by atomic mass is 10.2. The number of hydrogen-bond donors (Lipinski definition) is 2. The highest BCUT2D eigenvalue weighted by Crippen LogP contribution is 2.12. The maximum Gasteiger partial charge on any atom is 0.254 e. The third kappa shape index (κ3) is 4.55. The summed E-state index contributed by atoms with van der Waals surface area (Å²) in [6.07, 6.45) is 0. The van der Waals surface area contributed by atoms with Crippen molar-refractivity contribution in [1.29, 1.82) is 0 Å². The van der Waals surface area contributed by atoms with Crippen LogP contribution in [0.15, 0.2) is 12.1 Å². The number of aromatic nitrogens is 1. The van der Waals surface area contributed by atoms with Crippen molar-refractivity contribution in [2.45, 2.75) is 6.92 Å². The summed E-state index contributed by atoms with van der Waals surface area (Å²) in [6, 6.07) is 2.83. The van der Waals surface area contributed by atoms with Crippen LogP contribution in [0.4, 0.5) is 0 Å². The summed E-state index contributed by atoms with van der Waals surface area (Å²) in [5.74, 6) is -2.05. The Labute approximate surface area is 114 Å². The van der Waals surface area contributed by atoms with Gasteiger partial charge in [0.05, 0.1) is 0 Å². The predicted molar refractivity (Wildman–Crippen MR) is 68.3 cm³/mol. The number of pyridine rings is 1. The summed E-state index contributed by atoms with van der Waals surface area (Å²) in [5, 5.41) is 0.140. The average molecular weight is 285 g/mol. The van der Waals surface area contributed by atoms with Gasteiger partial charge in [-0.25, -0.2) is 4.98 Å². The number of halogens is 1. The zero-order valence-electron chi connectivity index (χ0n) is 10.2. The summed E-state index contributed by atoms with van der Waals surface area (Å²) in [5.41, 5.74) is 10.8. The van der Waals surface area contributed by atoms with Crippen LogP contribution in [0.2, 0.25) is 5.15 Å². The Morgan fingerprint density at radius 1 is 1.21 bits per heavy atom. The Morgan fingerprint density at radius 2 is 1.74 bits per heavy atom. The topological polar surface area (TPSA) is 119 Å². The molecule has 0 unspecified atom stereocenters. The fourth-order valence-corrected chi connectivity index (χ4v) is 1.76. The van der Waals surface area contributed by atoms with Crippen molar-refractivity contribution in [2.75, 3.05) is 13.1 Å². The molecule has 3 amide bonds. The van der Waals surface area contributed by atoms with Crippen molar-refractivity contribution in [1.82, 2.24) is 9.88 Å². The van der Waals surface area contributed by atoms with E-state index in [-0.39, 0.29) is 10.7 Å². The van der Waals surface area contributed by atoms with Crippen molar-refractivity contribution in [3.8, 4) is 0 Å². The van der Waals surface area contributed by atoms with Gasteiger partial charge >= 0.3 is 0 Å². The van der Waals surface area contributed by atoms with Gasteiger partial charge in [-0.3, -0.25) is 14.4 Å². The Hall–Kier alpha value is -2.15. The van der Waals surface area contributed by atoms with Gasteiger partial charge in [-0.15, -0.1) is 0 Å². The van der Waals surface area contributed by atoms with Crippen LogP contribution >= 0.6 is 11.6 Å². The highest BCUT2D eigenvalue weighted by atomic mass is 35.5. The molecule has 0 spiro atoms. The van der Waals surface area contributed by atoms with Gasteiger partial charge in [-0.1, -0.05) is 11.6 Å². The first kappa shape index (κ1) is 14.9. The van der Waals surface area contributed by atoms with Gasteiger partial charge in [0.25, 0.3) is 5.91 Å². The number of carbonyl (C=O) groups is 3. The van der Waals surface area contributed by atoms with Gasteiger partial charge in [-0.2, -0.15) is 0 Å². The summed E-state index contributed by atoms with van der Waals surface area (Å²) >= 11 is 5.75. The number of carbonyl (C=O) groups excluding carboxylic acids is 3. The standard InChI is InChI=1S/C11H13ClN4O3/c1-6-2-7(3-8(12)15-6)11(19)16(4-9(13)17)5-10(14)18/h2-3H,4-5H2,1H3,(H2,13,17)(H2,14,18). The Morgan fingerprint density at radius 3 is 2.16 bits per heavy atom. The summed E-state index contributed by atoms with van der Waals surface area (Å²) in [6.45, 7) is 0.858. The SMILES string of the molecule is Cc1cc(C(=O)N(CC(N)=O)CC(N)=O)cc(Cl)n1. The fourth-order valence-electron chi connectivity index (χ4n) is 1.51. The summed E-state index contributed by atoms with van der Waals surface area (Å²) in [7, 11) is 0. The molecule has 0 saturated heterocycles.